The lowest BCUT2D eigenvalue weighted by Gasteiger charge is -2.20. The molecule has 0 radical (unpaired) electrons. The van der Waals surface area contributed by atoms with Crippen molar-refractivity contribution in [2.75, 3.05) is 13.7 Å². The third-order valence-corrected chi connectivity index (χ3v) is 4.45. The molecule has 1 aromatic rings. The minimum atomic E-state index is -0.145. The average Bonchev–Trinajstić information content (AvgIpc) is 2.65. The van der Waals surface area contributed by atoms with E-state index in [0.717, 1.165) is 32.1 Å². The lowest BCUT2D eigenvalue weighted by molar-refractivity contribution is -0.151. The highest BCUT2D eigenvalue weighted by molar-refractivity contribution is 5.75. The molecule has 1 unspecified atom stereocenters. The van der Waals surface area contributed by atoms with Crippen LogP contribution in [0.15, 0.2) is 30.3 Å². The van der Waals surface area contributed by atoms with Gasteiger partial charge >= 0.3 is 5.97 Å². The SMILES string of the molecule is CC(C)CO.CN[C@H]1CCC[C@H](Cc2ccccc2)CC(C)OC1=O. The molecule has 4 nitrogen and oxygen atoms in total. The number of cyclic esters (lactones) is 1. The molecule has 1 aliphatic heterocycles. The van der Waals surface area contributed by atoms with Crippen molar-refractivity contribution in [3.05, 3.63) is 35.9 Å². The smallest absolute Gasteiger partial charge is 0.323 e. The van der Waals surface area contributed by atoms with Crippen molar-refractivity contribution in [2.24, 2.45) is 11.8 Å². The van der Waals surface area contributed by atoms with Gasteiger partial charge in [0.2, 0.25) is 0 Å². The summed E-state index contributed by atoms with van der Waals surface area (Å²) in [7, 11) is 1.83. The van der Waals surface area contributed by atoms with Gasteiger partial charge in [-0.2, -0.15) is 0 Å². The number of aliphatic hydroxyl groups is 1. The Hall–Kier alpha value is -1.39. The van der Waals surface area contributed by atoms with E-state index in [-0.39, 0.29) is 18.1 Å². The second-order valence-electron chi connectivity index (χ2n) is 7.39. The Labute approximate surface area is 153 Å². The lowest BCUT2D eigenvalue weighted by Crippen LogP contribution is -2.36. The third-order valence-electron chi connectivity index (χ3n) is 4.45. The largest absolute Gasteiger partial charge is 0.462 e. The van der Waals surface area contributed by atoms with Gasteiger partial charge in [-0.25, -0.2) is 0 Å². The van der Waals surface area contributed by atoms with Gasteiger partial charge in [-0.1, -0.05) is 50.6 Å². The maximum absolute atomic E-state index is 11.9. The molecule has 0 spiro atoms. The van der Waals surface area contributed by atoms with Crippen molar-refractivity contribution >= 4 is 5.97 Å². The highest BCUT2D eigenvalue weighted by atomic mass is 16.5. The molecule has 2 N–H and O–H groups in total. The number of carbonyl (C=O) groups is 1. The Kier molecular flexibility index (Phi) is 10.4. The first-order chi connectivity index (χ1) is 12.0. The minimum Gasteiger partial charge on any atom is -0.462 e. The van der Waals surface area contributed by atoms with Crippen LogP contribution in [0, 0.1) is 11.8 Å². The summed E-state index contributed by atoms with van der Waals surface area (Å²) >= 11 is 0. The van der Waals surface area contributed by atoms with Gasteiger partial charge in [-0.15, -0.1) is 0 Å². The molecule has 142 valence electrons. The molecule has 0 saturated carbocycles. The summed E-state index contributed by atoms with van der Waals surface area (Å²) in [6.45, 7) is 6.26. The van der Waals surface area contributed by atoms with E-state index in [1.165, 1.54) is 5.56 Å². The Balaban J connectivity index is 0.000000550. The summed E-state index contributed by atoms with van der Waals surface area (Å²) in [4.78, 5) is 11.9. The zero-order valence-electron chi connectivity index (χ0n) is 16.2. The lowest BCUT2D eigenvalue weighted by atomic mass is 9.89. The maximum atomic E-state index is 11.9. The second kappa shape index (κ2) is 12.0. The molecule has 1 heterocycles. The number of carbonyl (C=O) groups excluding carboxylic acids is 1. The Morgan fingerprint density at radius 2 is 1.88 bits per heavy atom. The number of esters is 1. The van der Waals surface area contributed by atoms with Gasteiger partial charge in [0, 0.05) is 6.61 Å². The fraction of sp³-hybridized carbons (Fsp3) is 0.667. The standard InChI is InChI=1S/C17H25NO2.C4H10O/c1-13-11-15(12-14-7-4-3-5-8-14)9-6-10-16(18-2)17(19)20-13;1-4(2)3-5/h3-5,7-8,13,15-16,18H,6,9-12H2,1-2H3;4-5H,3H2,1-2H3/t13?,15-,16-;/m0./s1. The van der Waals surface area contributed by atoms with Gasteiger partial charge in [0.25, 0.3) is 0 Å². The molecule has 0 bridgehead atoms. The van der Waals surface area contributed by atoms with E-state index in [1.54, 1.807) is 0 Å². The quantitative estimate of drug-likeness (QED) is 0.816. The number of benzene rings is 1. The van der Waals surface area contributed by atoms with Crippen molar-refractivity contribution in [1.29, 1.82) is 0 Å². The molecular formula is C21H35NO3. The minimum absolute atomic E-state index is 0.00478. The predicted octanol–water partition coefficient (Wildman–Crippen LogP) is 3.57. The van der Waals surface area contributed by atoms with E-state index in [9.17, 15) is 4.79 Å². The fourth-order valence-corrected chi connectivity index (χ4v) is 3.04. The molecule has 0 aromatic heterocycles. The number of hydrogen-bond donors (Lipinski definition) is 2. The van der Waals surface area contributed by atoms with E-state index in [4.69, 9.17) is 9.84 Å². The van der Waals surface area contributed by atoms with Crippen molar-refractivity contribution in [3.8, 4) is 0 Å². The summed E-state index contributed by atoms with van der Waals surface area (Å²) in [5, 5.41) is 11.2. The monoisotopic (exact) mass is 349 g/mol. The van der Waals surface area contributed by atoms with E-state index in [2.05, 4.69) is 35.6 Å². The van der Waals surface area contributed by atoms with Gasteiger partial charge in [0.05, 0.1) is 6.10 Å². The zero-order chi connectivity index (χ0) is 18.7. The normalized spacial score (nSPS) is 24.4. The number of likely N-dealkylation sites (N-methyl/N-ethyl adjacent to an activating group) is 1. The van der Waals surface area contributed by atoms with Crippen LogP contribution in [0.1, 0.15) is 52.0 Å². The summed E-state index contributed by atoms with van der Waals surface area (Å²) in [5.41, 5.74) is 1.38. The van der Waals surface area contributed by atoms with Gasteiger partial charge in [0.15, 0.2) is 0 Å². The first kappa shape index (κ1) is 21.7. The molecule has 0 amide bonds. The van der Waals surface area contributed by atoms with Gasteiger partial charge in [-0.3, -0.25) is 4.79 Å². The molecule has 0 aliphatic carbocycles. The number of rotatable bonds is 4. The first-order valence-corrected chi connectivity index (χ1v) is 9.48. The summed E-state index contributed by atoms with van der Waals surface area (Å²) in [5.74, 6) is 0.936. The van der Waals surface area contributed by atoms with E-state index < -0.39 is 0 Å². The predicted molar refractivity (Wildman–Crippen MR) is 102 cm³/mol. The average molecular weight is 350 g/mol. The van der Waals surface area contributed by atoms with Crippen molar-refractivity contribution in [3.63, 3.8) is 0 Å². The number of nitrogens with one attached hydrogen (secondary N) is 1. The summed E-state index contributed by atoms with van der Waals surface area (Å²) in [6.07, 6.45) is 5.14. The van der Waals surface area contributed by atoms with Gasteiger partial charge in [-0.05, 0) is 57.1 Å². The van der Waals surface area contributed by atoms with Crippen LogP contribution < -0.4 is 5.32 Å². The van der Waals surface area contributed by atoms with E-state index >= 15 is 0 Å². The molecule has 25 heavy (non-hydrogen) atoms. The first-order valence-electron chi connectivity index (χ1n) is 9.48. The molecular weight excluding hydrogens is 314 g/mol. The Morgan fingerprint density at radius 3 is 2.44 bits per heavy atom. The van der Waals surface area contributed by atoms with Crippen LogP contribution in [-0.4, -0.2) is 36.9 Å². The Morgan fingerprint density at radius 1 is 1.24 bits per heavy atom. The van der Waals surface area contributed by atoms with Crippen LogP contribution in [0.3, 0.4) is 0 Å². The topological polar surface area (TPSA) is 58.6 Å². The molecule has 3 atom stereocenters. The van der Waals surface area contributed by atoms with Crippen LogP contribution in [0.4, 0.5) is 0 Å². The highest BCUT2D eigenvalue weighted by Crippen LogP contribution is 2.24. The zero-order valence-corrected chi connectivity index (χ0v) is 16.2. The van der Waals surface area contributed by atoms with E-state index in [0.29, 0.717) is 18.4 Å². The highest BCUT2D eigenvalue weighted by Gasteiger charge is 2.25. The Bertz CT molecular complexity index is 475. The van der Waals surface area contributed by atoms with Crippen LogP contribution in [0.25, 0.3) is 0 Å². The summed E-state index contributed by atoms with van der Waals surface area (Å²) < 4.78 is 5.54. The van der Waals surface area contributed by atoms with Crippen LogP contribution in [-0.2, 0) is 16.0 Å². The second-order valence-corrected chi connectivity index (χ2v) is 7.39. The van der Waals surface area contributed by atoms with Crippen molar-refractivity contribution in [1.82, 2.24) is 5.32 Å². The number of aliphatic hydroxyl groups excluding tert-OH is 1. The maximum Gasteiger partial charge on any atom is 0.323 e. The molecule has 1 fully saturated rings. The van der Waals surface area contributed by atoms with Crippen molar-refractivity contribution in [2.45, 2.75) is 65.0 Å². The summed E-state index contributed by atoms with van der Waals surface area (Å²) in [6, 6.07) is 10.4. The van der Waals surface area contributed by atoms with Gasteiger partial charge in [0.1, 0.15) is 6.04 Å². The van der Waals surface area contributed by atoms with Gasteiger partial charge < -0.3 is 15.2 Å². The number of hydrogen-bond acceptors (Lipinski definition) is 4. The van der Waals surface area contributed by atoms with Crippen LogP contribution in [0.2, 0.25) is 0 Å². The fourth-order valence-electron chi connectivity index (χ4n) is 3.04. The van der Waals surface area contributed by atoms with Crippen LogP contribution >= 0.6 is 0 Å². The van der Waals surface area contributed by atoms with Crippen LogP contribution in [0.5, 0.6) is 0 Å². The molecule has 2 rings (SSSR count). The molecule has 1 aromatic carbocycles. The molecule has 1 aliphatic rings. The molecule has 1 saturated heterocycles. The van der Waals surface area contributed by atoms with Crippen molar-refractivity contribution < 1.29 is 14.6 Å². The molecule has 4 heteroatoms. The number of ether oxygens (including phenoxy) is 1. The van der Waals surface area contributed by atoms with E-state index in [1.807, 2.05) is 27.8 Å². The third kappa shape index (κ3) is 9.03.